The van der Waals surface area contributed by atoms with Gasteiger partial charge in [0.2, 0.25) is 0 Å². The Morgan fingerprint density at radius 2 is 1.24 bits per heavy atom. The van der Waals surface area contributed by atoms with Gasteiger partial charge in [-0.3, -0.25) is 9.59 Å². The molecule has 0 rings (SSSR count). The molecule has 0 aromatic heterocycles. The van der Waals surface area contributed by atoms with Gasteiger partial charge in [0.15, 0.2) is 6.10 Å². The van der Waals surface area contributed by atoms with Crippen molar-refractivity contribution in [2.45, 2.75) is 116 Å². The molecule has 0 aliphatic carbocycles. The third-order valence-electron chi connectivity index (χ3n) is 6.92. The number of carboxylic acids is 1. The fraction of sp³-hybridized carbons (Fsp3) is 0.649. The van der Waals surface area contributed by atoms with Gasteiger partial charge in [0.1, 0.15) is 12.6 Å². The molecule has 2 unspecified atom stereocenters. The van der Waals surface area contributed by atoms with Crippen molar-refractivity contribution in [3.63, 3.8) is 0 Å². The van der Waals surface area contributed by atoms with Gasteiger partial charge in [0.25, 0.3) is 0 Å². The van der Waals surface area contributed by atoms with Crippen LogP contribution in [0.4, 0.5) is 0 Å². The highest BCUT2D eigenvalue weighted by Gasteiger charge is 2.25. The van der Waals surface area contributed by atoms with Gasteiger partial charge >= 0.3 is 11.9 Å². The molecule has 0 bridgehead atoms. The molecule has 0 radical (unpaired) electrons. The van der Waals surface area contributed by atoms with Gasteiger partial charge in [-0.15, -0.1) is 0 Å². The molecule has 8 nitrogen and oxygen atoms in total. The molecule has 0 amide bonds. The molecule has 0 heterocycles. The minimum atomic E-state index is -1.14. The van der Waals surface area contributed by atoms with Crippen LogP contribution in [0.25, 0.3) is 0 Å². The summed E-state index contributed by atoms with van der Waals surface area (Å²) in [4.78, 5) is 36.2. The zero-order chi connectivity index (χ0) is 33.6. The highest BCUT2D eigenvalue weighted by atomic mass is 16.6. The number of nitrogens with zero attached hydrogens (tertiary/aromatic N) is 1. The molecular weight excluding hydrogens is 570 g/mol. The molecule has 8 heteroatoms. The van der Waals surface area contributed by atoms with Crippen molar-refractivity contribution in [3.05, 3.63) is 60.8 Å². The summed E-state index contributed by atoms with van der Waals surface area (Å²) in [5.41, 5.74) is 0. The van der Waals surface area contributed by atoms with E-state index in [9.17, 15) is 19.5 Å². The quantitative estimate of drug-likeness (QED) is 0.0417. The van der Waals surface area contributed by atoms with Crippen LogP contribution in [0, 0.1) is 0 Å². The standard InChI is InChI=1S/C37H61NO7/c1-6-8-10-12-13-14-15-16-17-18-19-20-21-22-23-24-26-28-36(40)45-33(32-44-35(39)27-25-11-9-7-2)31-43-30-29-34(37(41)42)38(3,4)5/h8,10,13-14,16-17,19-20,22-23,33-34H,6-7,9,11-12,15,18,21,24-32H2,1-5H3/b10-8-,14-13-,17-16-,20-19-,23-22-. The number of rotatable bonds is 28. The fourth-order valence-corrected chi connectivity index (χ4v) is 4.28. The Kier molecular flexibility index (Phi) is 26.6. The Morgan fingerprint density at radius 1 is 0.689 bits per heavy atom. The molecule has 0 aliphatic rings. The van der Waals surface area contributed by atoms with Gasteiger partial charge in [-0.1, -0.05) is 93.9 Å². The lowest BCUT2D eigenvalue weighted by Crippen LogP contribution is -2.55. The Morgan fingerprint density at radius 3 is 1.78 bits per heavy atom. The predicted octanol–water partition coefficient (Wildman–Crippen LogP) is 6.56. The van der Waals surface area contributed by atoms with Crippen LogP contribution in [0.15, 0.2) is 60.8 Å². The predicted molar refractivity (Wildman–Crippen MR) is 180 cm³/mol. The van der Waals surface area contributed by atoms with E-state index in [4.69, 9.17) is 14.2 Å². The number of likely N-dealkylation sites (N-methyl/N-ethyl adjacent to an activating group) is 1. The minimum absolute atomic E-state index is 0.0144. The van der Waals surface area contributed by atoms with E-state index >= 15 is 0 Å². The van der Waals surface area contributed by atoms with E-state index in [0.717, 1.165) is 64.2 Å². The monoisotopic (exact) mass is 631 g/mol. The maximum absolute atomic E-state index is 12.5. The van der Waals surface area contributed by atoms with E-state index in [1.165, 1.54) is 0 Å². The van der Waals surface area contributed by atoms with E-state index in [-0.39, 0.29) is 49.1 Å². The first-order valence-electron chi connectivity index (χ1n) is 16.8. The lowest BCUT2D eigenvalue weighted by Gasteiger charge is -2.34. The van der Waals surface area contributed by atoms with Gasteiger partial charge in [-0.2, -0.15) is 0 Å². The van der Waals surface area contributed by atoms with Gasteiger partial charge in [0, 0.05) is 19.3 Å². The maximum atomic E-state index is 12.5. The van der Waals surface area contributed by atoms with Crippen LogP contribution in [0.2, 0.25) is 0 Å². The van der Waals surface area contributed by atoms with Crippen molar-refractivity contribution >= 4 is 17.9 Å². The number of hydrogen-bond acceptors (Lipinski definition) is 7. The Bertz CT molecular complexity index is 928. The van der Waals surface area contributed by atoms with E-state index in [2.05, 4.69) is 74.6 Å². The summed E-state index contributed by atoms with van der Waals surface area (Å²) in [7, 11) is 5.35. The molecule has 0 aromatic rings. The third-order valence-corrected chi connectivity index (χ3v) is 6.92. The summed E-state index contributed by atoms with van der Waals surface area (Å²) < 4.78 is 16.8. The molecule has 45 heavy (non-hydrogen) atoms. The lowest BCUT2D eigenvalue weighted by atomic mass is 10.1. The Labute approximate surface area is 273 Å². The van der Waals surface area contributed by atoms with Crippen molar-refractivity contribution < 1.29 is 38.2 Å². The van der Waals surface area contributed by atoms with E-state index < -0.39 is 18.1 Å². The molecule has 0 spiro atoms. The van der Waals surface area contributed by atoms with Gasteiger partial charge in [-0.05, 0) is 51.4 Å². The molecule has 0 saturated heterocycles. The van der Waals surface area contributed by atoms with Crippen LogP contribution in [0.5, 0.6) is 0 Å². The first kappa shape index (κ1) is 42.0. The second-order valence-corrected chi connectivity index (χ2v) is 12.0. The molecule has 256 valence electrons. The number of esters is 2. The zero-order valence-corrected chi connectivity index (χ0v) is 28.8. The number of carbonyl (C=O) groups is 3. The van der Waals surface area contributed by atoms with Crippen molar-refractivity contribution in [2.75, 3.05) is 41.0 Å². The fourth-order valence-electron chi connectivity index (χ4n) is 4.28. The molecule has 0 saturated carbocycles. The smallest absolute Gasteiger partial charge is 0.306 e. The number of hydrogen-bond donors (Lipinski definition) is 0. The van der Waals surface area contributed by atoms with Crippen LogP contribution in [0.1, 0.15) is 104 Å². The third kappa shape index (κ3) is 27.1. The van der Waals surface area contributed by atoms with Crippen LogP contribution < -0.4 is 5.11 Å². The maximum Gasteiger partial charge on any atom is 0.306 e. The van der Waals surface area contributed by atoms with Gasteiger partial charge in [-0.25, -0.2) is 0 Å². The summed E-state index contributed by atoms with van der Waals surface area (Å²) in [5, 5.41) is 11.5. The topological polar surface area (TPSA) is 102 Å². The first-order chi connectivity index (χ1) is 21.6. The Balaban J connectivity index is 4.47. The van der Waals surface area contributed by atoms with Crippen LogP contribution >= 0.6 is 0 Å². The van der Waals surface area contributed by atoms with Crippen molar-refractivity contribution in [2.24, 2.45) is 0 Å². The van der Waals surface area contributed by atoms with E-state index in [0.29, 0.717) is 12.8 Å². The van der Waals surface area contributed by atoms with Crippen LogP contribution in [-0.2, 0) is 28.6 Å². The summed E-state index contributed by atoms with van der Waals surface area (Å²) in [6, 6.07) is -0.733. The number of carboxylic acid groups (broad SMARTS) is 1. The lowest BCUT2D eigenvalue weighted by molar-refractivity contribution is -0.889. The zero-order valence-electron chi connectivity index (χ0n) is 28.8. The average molecular weight is 632 g/mol. The van der Waals surface area contributed by atoms with Crippen molar-refractivity contribution in [3.8, 4) is 0 Å². The second-order valence-electron chi connectivity index (χ2n) is 12.0. The van der Waals surface area contributed by atoms with Crippen molar-refractivity contribution in [1.82, 2.24) is 0 Å². The summed E-state index contributed by atoms with van der Waals surface area (Å²) in [5.74, 6) is -1.85. The molecule has 0 fully saturated rings. The number of ether oxygens (including phenoxy) is 3. The van der Waals surface area contributed by atoms with Gasteiger partial charge in [0.05, 0.1) is 40.3 Å². The van der Waals surface area contributed by atoms with Crippen LogP contribution in [0.3, 0.4) is 0 Å². The largest absolute Gasteiger partial charge is 0.544 e. The highest BCUT2D eigenvalue weighted by molar-refractivity contribution is 5.70. The van der Waals surface area contributed by atoms with Crippen molar-refractivity contribution in [1.29, 1.82) is 0 Å². The molecule has 0 N–H and O–H groups in total. The first-order valence-corrected chi connectivity index (χ1v) is 16.8. The Hall–Kier alpha value is -2.97. The molecular formula is C37H61NO7. The second kappa shape index (κ2) is 28.5. The number of carbonyl (C=O) groups excluding carboxylic acids is 3. The number of unbranched alkanes of at least 4 members (excludes halogenated alkanes) is 4. The number of quaternary nitrogens is 1. The normalized spacial score (nSPS) is 13.9. The average Bonchev–Trinajstić information content (AvgIpc) is 2.98. The van der Waals surface area contributed by atoms with Crippen LogP contribution in [-0.4, -0.2) is 75.5 Å². The minimum Gasteiger partial charge on any atom is -0.544 e. The van der Waals surface area contributed by atoms with E-state index in [1.807, 2.05) is 0 Å². The summed E-state index contributed by atoms with van der Waals surface area (Å²) in [6.45, 7) is 4.32. The molecule has 0 aliphatic heterocycles. The summed E-state index contributed by atoms with van der Waals surface area (Å²) in [6.07, 6.45) is 31.6. The molecule has 0 aromatic carbocycles. The number of aliphatic carboxylic acids is 1. The molecule has 2 atom stereocenters. The summed E-state index contributed by atoms with van der Waals surface area (Å²) >= 11 is 0. The SMILES string of the molecule is CC/C=C\C/C=C\C/C=C\C/C=C\C/C=C\CCCC(=O)OC(COCCC(C(=O)[O-])[N+](C)(C)C)COC(=O)CCCCCC. The van der Waals surface area contributed by atoms with Gasteiger partial charge < -0.3 is 28.6 Å². The highest BCUT2D eigenvalue weighted by Crippen LogP contribution is 2.10. The van der Waals surface area contributed by atoms with E-state index in [1.54, 1.807) is 21.1 Å². The number of allylic oxidation sites excluding steroid dienone is 10.